The van der Waals surface area contributed by atoms with Crippen LogP contribution in [-0.2, 0) is 13.1 Å². The summed E-state index contributed by atoms with van der Waals surface area (Å²) >= 11 is 0. The van der Waals surface area contributed by atoms with Crippen LogP contribution in [0.4, 0.5) is 0 Å². The molecule has 0 bridgehead atoms. The smallest absolute Gasteiger partial charge is 0.118 e. The molecule has 3 nitrogen and oxygen atoms in total. The van der Waals surface area contributed by atoms with Crippen LogP contribution in [0.1, 0.15) is 45.4 Å². The molecule has 0 amide bonds. The largest absolute Gasteiger partial charge is 0.468 e. The van der Waals surface area contributed by atoms with Gasteiger partial charge in [-0.15, -0.1) is 0 Å². The molecule has 1 aliphatic heterocycles. The predicted octanol–water partition coefficient (Wildman–Crippen LogP) is 3.01. The molecule has 102 valence electrons. The highest BCUT2D eigenvalue weighted by molar-refractivity contribution is 5.13. The number of furan rings is 1. The van der Waals surface area contributed by atoms with Crippen molar-refractivity contribution in [3.63, 3.8) is 0 Å². The van der Waals surface area contributed by atoms with E-state index in [9.17, 15) is 0 Å². The van der Waals surface area contributed by atoms with Crippen molar-refractivity contribution in [3.8, 4) is 0 Å². The summed E-state index contributed by atoms with van der Waals surface area (Å²) in [5.41, 5.74) is 1.25. The van der Waals surface area contributed by atoms with Crippen LogP contribution in [0.15, 0.2) is 16.7 Å². The van der Waals surface area contributed by atoms with Crippen LogP contribution in [0.25, 0.3) is 0 Å². The van der Waals surface area contributed by atoms with E-state index in [0.717, 1.165) is 24.8 Å². The van der Waals surface area contributed by atoms with Crippen molar-refractivity contribution < 1.29 is 4.42 Å². The molecule has 1 fully saturated rings. The van der Waals surface area contributed by atoms with Crippen LogP contribution in [0.5, 0.6) is 0 Å². The third-order valence-electron chi connectivity index (χ3n) is 3.69. The average Bonchev–Trinajstić information content (AvgIpc) is 2.84. The molecule has 0 aromatic carbocycles. The van der Waals surface area contributed by atoms with E-state index < -0.39 is 0 Å². The minimum Gasteiger partial charge on any atom is -0.468 e. The molecule has 2 heterocycles. The molecule has 1 saturated heterocycles. The highest BCUT2D eigenvalue weighted by Crippen LogP contribution is 2.24. The third kappa shape index (κ3) is 3.59. The molecule has 0 aliphatic carbocycles. The van der Waals surface area contributed by atoms with Crippen LogP contribution in [0.3, 0.4) is 0 Å². The first kappa shape index (κ1) is 13.6. The van der Waals surface area contributed by atoms with E-state index in [-0.39, 0.29) is 0 Å². The molecule has 0 radical (unpaired) electrons. The summed E-state index contributed by atoms with van der Waals surface area (Å²) < 4.78 is 5.66. The topological polar surface area (TPSA) is 28.4 Å². The van der Waals surface area contributed by atoms with Crippen molar-refractivity contribution in [2.45, 2.75) is 59.3 Å². The Labute approximate surface area is 111 Å². The van der Waals surface area contributed by atoms with Crippen molar-refractivity contribution in [2.75, 3.05) is 6.54 Å². The van der Waals surface area contributed by atoms with Gasteiger partial charge in [-0.2, -0.15) is 0 Å². The van der Waals surface area contributed by atoms with Crippen molar-refractivity contribution in [2.24, 2.45) is 5.92 Å². The second kappa shape index (κ2) is 5.89. The van der Waals surface area contributed by atoms with Crippen LogP contribution in [-0.4, -0.2) is 23.5 Å². The van der Waals surface area contributed by atoms with E-state index in [4.69, 9.17) is 4.42 Å². The number of hydrogen-bond acceptors (Lipinski definition) is 3. The summed E-state index contributed by atoms with van der Waals surface area (Å²) in [7, 11) is 0. The summed E-state index contributed by atoms with van der Waals surface area (Å²) in [4.78, 5) is 2.52. The monoisotopic (exact) mass is 250 g/mol. The molecule has 0 spiro atoms. The Morgan fingerprint density at radius 2 is 2.22 bits per heavy atom. The molecule has 3 heteroatoms. The molecule has 18 heavy (non-hydrogen) atoms. The van der Waals surface area contributed by atoms with Gasteiger partial charge in [-0.3, -0.25) is 4.90 Å². The van der Waals surface area contributed by atoms with Gasteiger partial charge in [-0.25, -0.2) is 0 Å². The second-order valence-electron chi connectivity index (χ2n) is 6.08. The molecular weight excluding hydrogens is 224 g/mol. The molecule has 1 aromatic rings. The maximum atomic E-state index is 5.66. The summed E-state index contributed by atoms with van der Waals surface area (Å²) in [6, 6.07) is 3.38. The van der Waals surface area contributed by atoms with Crippen LogP contribution < -0.4 is 5.32 Å². The van der Waals surface area contributed by atoms with Gasteiger partial charge >= 0.3 is 0 Å². The first-order valence-electron chi connectivity index (χ1n) is 7.08. The van der Waals surface area contributed by atoms with Crippen molar-refractivity contribution in [1.82, 2.24) is 10.2 Å². The fourth-order valence-electron chi connectivity index (χ4n) is 2.73. The Kier molecular flexibility index (Phi) is 4.46. The summed E-state index contributed by atoms with van der Waals surface area (Å²) in [5, 5.41) is 3.41. The van der Waals surface area contributed by atoms with Crippen LogP contribution in [0, 0.1) is 5.92 Å². The van der Waals surface area contributed by atoms with E-state index in [1.807, 2.05) is 6.26 Å². The number of hydrogen-bond donors (Lipinski definition) is 1. The highest BCUT2D eigenvalue weighted by atomic mass is 16.3. The quantitative estimate of drug-likeness (QED) is 0.871. The van der Waals surface area contributed by atoms with E-state index in [1.165, 1.54) is 18.5 Å². The van der Waals surface area contributed by atoms with E-state index in [1.54, 1.807) is 0 Å². The Morgan fingerprint density at radius 3 is 2.83 bits per heavy atom. The SMILES string of the molecule is CC1CC(C)N(Cc2cc(CNC(C)C)co2)C1. The second-order valence-corrected chi connectivity index (χ2v) is 6.08. The number of likely N-dealkylation sites (tertiary alicyclic amines) is 1. The summed E-state index contributed by atoms with van der Waals surface area (Å²) in [6.45, 7) is 12.0. The zero-order valence-corrected chi connectivity index (χ0v) is 12.1. The zero-order valence-electron chi connectivity index (χ0n) is 12.1. The average molecular weight is 250 g/mol. The Morgan fingerprint density at radius 1 is 1.44 bits per heavy atom. The first-order valence-corrected chi connectivity index (χ1v) is 7.08. The molecular formula is C15H26N2O. The summed E-state index contributed by atoms with van der Waals surface area (Å²) in [5.74, 6) is 1.91. The molecule has 0 saturated carbocycles. The summed E-state index contributed by atoms with van der Waals surface area (Å²) in [6.07, 6.45) is 3.19. The predicted molar refractivity (Wildman–Crippen MR) is 74.3 cm³/mol. The zero-order chi connectivity index (χ0) is 13.1. The Bertz CT molecular complexity index is 372. The molecule has 2 unspecified atom stereocenters. The van der Waals surface area contributed by atoms with E-state index in [2.05, 4.69) is 44.0 Å². The van der Waals surface area contributed by atoms with E-state index in [0.29, 0.717) is 12.1 Å². The van der Waals surface area contributed by atoms with Gasteiger partial charge in [-0.05, 0) is 25.3 Å². The van der Waals surface area contributed by atoms with Gasteiger partial charge in [0.15, 0.2) is 0 Å². The number of nitrogens with zero attached hydrogens (tertiary/aromatic N) is 1. The molecule has 1 aliphatic rings. The van der Waals surface area contributed by atoms with Gasteiger partial charge in [0.05, 0.1) is 12.8 Å². The van der Waals surface area contributed by atoms with Crippen molar-refractivity contribution in [3.05, 3.63) is 23.7 Å². The van der Waals surface area contributed by atoms with Crippen LogP contribution >= 0.6 is 0 Å². The van der Waals surface area contributed by atoms with Gasteiger partial charge in [0.25, 0.3) is 0 Å². The lowest BCUT2D eigenvalue weighted by Gasteiger charge is -2.19. The standard InChI is InChI=1S/C15H26N2O/c1-11(2)16-7-14-6-15(18-10-14)9-17-8-12(3)5-13(17)4/h6,10-13,16H,5,7-9H2,1-4H3. The first-order chi connectivity index (χ1) is 8.54. The van der Waals surface area contributed by atoms with Crippen molar-refractivity contribution >= 4 is 0 Å². The van der Waals surface area contributed by atoms with E-state index >= 15 is 0 Å². The van der Waals surface area contributed by atoms with Gasteiger partial charge in [-0.1, -0.05) is 20.8 Å². The van der Waals surface area contributed by atoms with Gasteiger partial charge in [0, 0.05) is 30.7 Å². The van der Waals surface area contributed by atoms with Gasteiger partial charge in [0.1, 0.15) is 5.76 Å². The minimum atomic E-state index is 0.516. The lowest BCUT2D eigenvalue weighted by molar-refractivity contribution is 0.235. The third-order valence-corrected chi connectivity index (χ3v) is 3.69. The maximum absolute atomic E-state index is 5.66. The van der Waals surface area contributed by atoms with Gasteiger partial charge in [0.2, 0.25) is 0 Å². The van der Waals surface area contributed by atoms with Crippen LogP contribution in [0.2, 0.25) is 0 Å². The number of rotatable bonds is 5. The lowest BCUT2D eigenvalue weighted by atomic mass is 10.1. The molecule has 1 aromatic heterocycles. The lowest BCUT2D eigenvalue weighted by Crippen LogP contribution is -2.26. The fourth-order valence-corrected chi connectivity index (χ4v) is 2.73. The minimum absolute atomic E-state index is 0.516. The fraction of sp³-hybridized carbons (Fsp3) is 0.733. The van der Waals surface area contributed by atoms with Gasteiger partial charge < -0.3 is 9.73 Å². The normalized spacial score (nSPS) is 25.2. The highest BCUT2D eigenvalue weighted by Gasteiger charge is 2.26. The number of nitrogens with one attached hydrogen (secondary N) is 1. The molecule has 2 rings (SSSR count). The Hall–Kier alpha value is -0.800. The molecule has 1 N–H and O–H groups in total. The maximum Gasteiger partial charge on any atom is 0.118 e. The molecule has 2 atom stereocenters. The Balaban J connectivity index is 1.86. The van der Waals surface area contributed by atoms with Crippen molar-refractivity contribution in [1.29, 1.82) is 0 Å².